The summed E-state index contributed by atoms with van der Waals surface area (Å²) in [6.07, 6.45) is 6.02. The topological polar surface area (TPSA) is 96.9 Å². The van der Waals surface area contributed by atoms with Crippen LogP contribution in [-0.4, -0.2) is 36.2 Å². The highest BCUT2D eigenvalue weighted by atomic mass is 79.9. The summed E-state index contributed by atoms with van der Waals surface area (Å²) in [5, 5.41) is 15.1. The Balaban J connectivity index is 0.000000172. The van der Waals surface area contributed by atoms with E-state index in [1.165, 1.54) is 6.42 Å². The maximum atomic E-state index is 11.6. The Hall–Kier alpha value is -2.10. The Kier molecular flexibility index (Phi) is 7.93. The second-order valence-corrected chi connectivity index (χ2v) is 10.1. The number of carbonyl (C=O) groups is 2. The van der Waals surface area contributed by atoms with Gasteiger partial charge in [-0.1, -0.05) is 31.9 Å². The third kappa shape index (κ3) is 6.28. The summed E-state index contributed by atoms with van der Waals surface area (Å²) < 4.78 is 13.4. The van der Waals surface area contributed by atoms with Crippen LogP contribution in [0.15, 0.2) is 33.2 Å². The van der Waals surface area contributed by atoms with E-state index in [-0.39, 0.29) is 23.7 Å². The van der Waals surface area contributed by atoms with Crippen LogP contribution in [0.3, 0.4) is 0 Å². The van der Waals surface area contributed by atoms with E-state index >= 15 is 0 Å². The molecule has 2 amide bonds. The van der Waals surface area contributed by atoms with E-state index in [1.54, 1.807) is 6.07 Å². The normalized spacial score (nSPS) is 19.3. The first-order valence-corrected chi connectivity index (χ1v) is 12.7. The van der Waals surface area contributed by atoms with Crippen molar-refractivity contribution in [3.05, 3.63) is 44.3 Å². The molecule has 33 heavy (non-hydrogen) atoms. The van der Waals surface area contributed by atoms with Crippen LogP contribution in [0.4, 0.5) is 11.4 Å². The Bertz CT molecular complexity index is 1050. The molecule has 1 unspecified atom stereocenters. The summed E-state index contributed by atoms with van der Waals surface area (Å²) >= 11 is 6.78. The van der Waals surface area contributed by atoms with Crippen molar-refractivity contribution in [2.75, 3.05) is 23.8 Å². The molecule has 7 nitrogen and oxygen atoms in total. The van der Waals surface area contributed by atoms with E-state index in [4.69, 9.17) is 9.47 Å². The van der Waals surface area contributed by atoms with Gasteiger partial charge in [-0.3, -0.25) is 9.59 Å². The largest absolute Gasteiger partial charge is 0.506 e. The highest BCUT2D eigenvalue weighted by molar-refractivity contribution is 9.10. The van der Waals surface area contributed by atoms with Gasteiger partial charge in [0.25, 0.3) is 0 Å². The first-order chi connectivity index (χ1) is 15.9. The number of carbonyl (C=O) groups excluding carboxylic acids is 2. The number of amides is 2. The molecule has 3 heterocycles. The van der Waals surface area contributed by atoms with Crippen molar-refractivity contribution in [1.82, 2.24) is 0 Å². The minimum absolute atomic E-state index is 0.0369. The van der Waals surface area contributed by atoms with Crippen molar-refractivity contribution >= 4 is 55.0 Å². The van der Waals surface area contributed by atoms with E-state index in [2.05, 4.69) is 42.5 Å². The molecular formula is C24H26Br2N2O5. The molecule has 3 aliphatic rings. The first kappa shape index (κ1) is 24.0. The smallest absolute Gasteiger partial charge is 0.224 e. The van der Waals surface area contributed by atoms with E-state index in [0.29, 0.717) is 31.6 Å². The Morgan fingerprint density at radius 3 is 2.21 bits per heavy atom. The lowest BCUT2D eigenvalue weighted by molar-refractivity contribution is -0.117. The molecular weight excluding hydrogens is 556 g/mol. The fourth-order valence-electron chi connectivity index (χ4n) is 4.10. The molecule has 5 rings (SSSR count). The van der Waals surface area contributed by atoms with E-state index in [1.807, 2.05) is 18.2 Å². The van der Waals surface area contributed by atoms with Crippen LogP contribution in [-0.2, 0) is 27.2 Å². The second-order valence-electron chi connectivity index (χ2n) is 8.29. The predicted molar refractivity (Wildman–Crippen MR) is 133 cm³/mol. The molecule has 2 aromatic rings. The molecule has 2 aromatic carbocycles. The monoisotopic (exact) mass is 580 g/mol. The second kappa shape index (κ2) is 10.9. The molecule has 9 heteroatoms. The number of fused-ring (bicyclic) bond motifs is 2. The zero-order chi connectivity index (χ0) is 23.4. The summed E-state index contributed by atoms with van der Waals surface area (Å²) in [5.41, 5.74) is 3.48. The quantitative estimate of drug-likeness (QED) is 0.426. The number of hydrogen-bond donors (Lipinski definition) is 3. The first-order valence-electron chi connectivity index (χ1n) is 11.1. The fourth-order valence-corrected chi connectivity index (χ4v) is 5.08. The van der Waals surface area contributed by atoms with Gasteiger partial charge in [0.1, 0.15) is 18.1 Å². The number of hydrogen-bond acceptors (Lipinski definition) is 5. The third-order valence-corrected chi connectivity index (χ3v) is 6.70. The number of halogens is 2. The zero-order valence-corrected chi connectivity index (χ0v) is 21.3. The van der Waals surface area contributed by atoms with Crippen molar-refractivity contribution in [3.8, 4) is 11.5 Å². The predicted octanol–water partition coefficient (Wildman–Crippen LogP) is 5.32. The minimum Gasteiger partial charge on any atom is -0.506 e. The number of ether oxygens (including phenoxy) is 2. The Labute approximate surface area is 209 Å². The lowest BCUT2D eigenvalue weighted by atomic mass is 10.0. The van der Waals surface area contributed by atoms with Crippen LogP contribution in [0.25, 0.3) is 0 Å². The average molecular weight is 582 g/mol. The van der Waals surface area contributed by atoms with Crippen LogP contribution < -0.4 is 15.4 Å². The summed E-state index contributed by atoms with van der Waals surface area (Å²) in [6, 6.07) is 7.44. The molecule has 0 radical (unpaired) electrons. The fraction of sp³-hybridized carbons (Fsp3) is 0.417. The van der Waals surface area contributed by atoms with Crippen molar-refractivity contribution in [3.63, 3.8) is 0 Å². The van der Waals surface area contributed by atoms with Gasteiger partial charge in [-0.2, -0.15) is 0 Å². The van der Waals surface area contributed by atoms with Crippen molar-refractivity contribution in [2.45, 2.75) is 51.0 Å². The third-order valence-electron chi connectivity index (χ3n) is 5.78. The summed E-state index contributed by atoms with van der Waals surface area (Å²) in [4.78, 5) is 22.6. The van der Waals surface area contributed by atoms with Gasteiger partial charge < -0.3 is 25.2 Å². The Morgan fingerprint density at radius 2 is 1.55 bits per heavy atom. The number of nitrogens with one attached hydrogen (secondary N) is 2. The van der Waals surface area contributed by atoms with E-state index < -0.39 is 0 Å². The number of rotatable bonds is 3. The van der Waals surface area contributed by atoms with Gasteiger partial charge >= 0.3 is 0 Å². The number of aryl methyl sites for hydroxylation is 2. The summed E-state index contributed by atoms with van der Waals surface area (Å²) in [6.45, 7) is 1.36. The number of anilines is 2. The molecule has 3 N–H and O–H groups in total. The molecule has 0 spiro atoms. The molecule has 0 bridgehead atoms. The van der Waals surface area contributed by atoms with Crippen molar-refractivity contribution in [2.24, 2.45) is 0 Å². The van der Waals surface area contributed by atoms with Gasteiger partial charge in [0.15, 0.2) is 0 Å². The number of aromatic hydroxyl groups is 1. The van der Waals surface area contributed by atoms with Crippen LogP contribution in [0.1, 0.15) is 43.2 Å². The molecule has 0 saturated carbocycles. The number of benzene rings is 2. The zero-order valence-electron chi connectivity index (χ0n) is 18.1. The highest BCUT2D eigenvalue weighted by Gasteiger charge is 2.21. The summed E-state index contributed by atoms with van der Waals surface area (Å²) in [7, 11) is 0. The SMILES string of the molecule is O=C1CCc2cc(Br)cc(O)c2N1.O=C1CCc2cc(Br)cc(OCC3CCCCO3)c2N1. The Morgan fingerprint density at radius 1 is 0.909 bits per heavy atom. The van der Waals surface area contributed by atoms with Gasteiger partial charge in [-0.15, -0.1) is 0 Å². The number of phenols is 1. The van der Waals surface area contributed by atoms with Gasteiger partial charge in [0.05, 0.1) is 17.5 Å². The maximum absolute atomic E-state index is 11.6. The lowest BCUT2D eigenvalue weighted by Crippen LogP contribution is -2.26. The maximum Gasteiger partial charge on any atom is 0.224 e. The van der Waals surface area contributed by atoms with Gasteiger partial charge in [-0.25, -0.2) is 0 Å². The molecule has 176 valence electrons. The molecule has 1 saturated heterocycles. The number of phenolic OH excluding ortho intramolecular Hbond substituents is 1. The van der Waals surface area contributed by atoms with Crippen LogP contribution in [0.5, 0.6) is 11.5 Å². The van der Waals surface area contributed by atoms with Crippen molar-refractivity contribution in [1.29, 1.82) is 0 Å². The van der Waals surface area contributed by atoms with E-state index in [9.17, 15) is 14.7 Å². The van der Waals surface area contributed by atoms with E-state index in [0.717, 1.165) is 57.4 Å². The molecule has 0 aromatic heterocycles. The van der Waals surface area contributed by atoms with Crippen LogP contribution in [0, 0.1) is 0 Å². The van der Waals surface area contributed by atoms with Gasteiger partial charge in [0, 0.05) is 28.4 Å². The van der Waals surface area contributed by atoms with Crippen LogP contribution in [0.2, 0.25) is 0 Å². The highest BCUT2D eigenvalue weighted by Crippen LogP contribution is 2.36. The minimum atomic E-state index is -0.0369. The molecule has 3 aliphatic heterocycles. The standard InChI is InChI=1S/C15H18BrNO3.C9H8BrNO2/c16-11-7-10-4-5-14(18)17-15(10)13(8-11)20-9-12-3-1-2-6-19-12;10-6-3-5-1-2-8(13)11-9(5)7(12)4-6/h7-8,12H,1-6,9H2,(H,17,18);3-4,12H,1-2H2,(H,11,13). The molecule has 1 atom stereocenters. The van der Waals surface area contributed by atoms with Crippen LogP contribution >= 0.6 is 31.9 Å². The molecule has 0 aliphatic carbocycles. The van der Waals surface area contributed by atoms with Gasteiger partial charge in [-0.05, 0) is 67.5 Å². The average Bonchev–Trinajstić information content (AvgIpc) is 2.79. The van der Waals surface area contributed by atoms with Crippen molar-refractivity contribution < 1.29 is 24.2 Å². The summed E-state index contributed by atoms with van der Waals surface area (Å²) in [5.74, 6) is 0.873. The van der Waals surface area contributed by atoms with Gasteiger partial charge in [0.2, 0.25) is 11.8 Å². The molecule has 1 fully saturated rings. The lowest BCUT2D eigenvalue weighted by Gasteiger charge is -2.25.